The maximum atomic E-state index is 11.5. The lowest BCUT2D eigenvalue weighted by molar-refractivity contribution is -0.146. The van der Waals surface area contributed by atoms with Crippen molar-refractivity contribution in [3.63, 3.8) is 0 Å². The van der Waals surface area contributed by atoms with Crippen LogP contribution in [0.4, 0.5) is 0 Å². The molecule has 1 fully saturated rings. The van der Waals surface area contributed by atoms with Gasteiger partial charge in [-0.2, -0.15) is 0 Å². The number of carboxylic acids is 1. The van der Waals surface area contributed by atoms with E-state index in [9.17, 15) is 9.59 Å². The summed E-state index contributed by atoms with van der Waals surface area (Å²) in [7, 11) is 0. The minimum atomic E-state index is -0.847. The van der Waals surface area contributed by atoms with Crippen molar-refractivity contribution in [1.82, 2.24) is 0 Å². The van der Waals surface area contributed by atoms with Gasteiger partial charge >= 0.3 is 5.97 Å². The summed E-state index contributed by atoms with van der Waals surface area (Å²) in [6.07, 6.45) is 4.32. The predicted octanol–water partition coefficient (Wildman–Crippen LogP) is 1.86. The maximum Gasteiger partial charge on any atom is 0.306 e. The highest BCUT2D eigenvalue weighted by Gasteiger charge is 2.30. The smallest absolute Gasteiger partial charge is 0.306 e. The lowest BCUT2D eigenvalue weighted by atomic mass is 9.86. The van der Waals surface area contributed by atoms with Crippen molar-refractivity contribution < 1.29 is 14.7 Å². The van der Waals surface area contributed by atoms with Gasteiger partial charge in [0.05, 0.1) is 5.92 Å². The third kappa shape index (κ3) is 2.54. The molecule has 0 saturated heterocycles. The molecule has 0 bridgehead atoms. The standard InChI is InChI=1S/C10H16O3/c1-7(10(12)13)8-5-3-2-4-6-9(8)11/h7-8H,2-6H2,1H3,(H,12,13). The molecule has 0 aromatic rings. The zero-order chi connectivity index (χ0) is 9.84. The Kier molecular flexibility index (Phi) is 3.46. The molecule has 2 unspecified atom stereocenters. The maximum absolute atomic E-state index is 11.5. The summed E-state index contributed by atoms with van der Waals surface area (Å²) in [5.41, 5.74) is 0. The van der Waals surface area contributed by atoms with E-state index in [0.29, 0.717) is 6.42 Å². The third-order valence-corrected chi connectivity index (χ3v) is 2.84. The van der Waals surface area contributed by atoms with Gasteiger partial charge < -0.3 is 5.11 Å². The van der Waals surface area contributed by atoms with Crippen LogP contribution in [0.3, 0.4) is 0 Å². The van der Waals surface area contributed by atoms with Gasteiger partial charge in [0.15, 0.2) is 0 Å². The van der Waals surface area contributed by atoms with E-state index < -0.39 is 11.9 Å². The number of carbonyl (C=O) groups excluding carboxylic acids is 1. The minimum Gasteiger partial charge on any atom is -0.481 e. The van der Waals surface area contributed by atoms with Gasteiger partial charge in [-0.15, -0.1) is 0 Å². The highest BCUT2D eigenvalue weighted by molar-refractivity contribution is 5.86. The summed E-state index contributed by atoms with van der Waals surface area (Å²) in [5, 5.41) is 8.79. The fraction of sp³-hybridized carbons (Fsp3) is 0.800. The fourth-order valence-corrected chi connectivity index (χ4v) is 1.89. The normalized spacial score (nSPS) is 26.5. The number of hydrogen-bond acceptors (Lipinski definition) is 2. The summed E-state index contributed by atoms with van der Waals surface area (Å²) < 4.78 is 0. The largest absolute Gasteiger partial charge is 0.481 e. The average molecular weight is 184 g/mol. The first-order valence-corrected chi connectivity index (χ1v) is 4.88. The van der Waals surface area contributed by atoms with Crippen LogP contribution in [-0.2, 0) is 9.59 Å². The van der Waals surface area contributed by atoms with E-state index in [0.717, 1.165) is 25.7 Å². The van der Waals surface area contributed by atoms with Gasteiger partial charge in [0.2, 0.25) is 0 Å². The lowest BCUT2D eigenvalue weighted by Gasteiger charge is -2.16. The van der Waals surface area contributed by atoms with E-state index in [1.54, 1.807) is 6.92 Å². The van der Waals surface area contributed by atoms with Crippen molar-refractivity contribution in [2.75, 3.05) is 0 Å². The lowest BCUT2D eigenvalue weighted by Crippen LogP contribution is -2.26. The molecule has 0 radical (unpaired) electrons. The van der Waals surface area contributed by atoms with E-state index in [1.807, 2.05) is 0 Å². The Morgan fingerprint density at radius 1 is 1.46 bits per heavy atom. The van der Waals surface area contributed by atoms with Gasteiger partial charge in [0.1, 0.15) is 5.78 Å². The van der Waals surface area contributed by atoms with Gasteiger partial charge in [-0.3, -0.25) is 9.59 Å². The molecule has 74 valence electrons. The molecule has 0 aromatic carbocycles. The van der Waals surface area contributed by atoms with Gasteiger partial charge in [0.25, 0.3) is 0 Å². The Morgan fingerprint density at radius 2 is 2.15 bits per heavy atom. The second kappa shape index (κ2) is 4.40. The Hall–Kier alpha value is -0.860. The van der Waals surface area contributed by atoms with Crippen molar-refractivity contribution in [2.24, 2.45) is 11.8 Å². The molecule has 0 aliphatic heterocycles. The summed E-state index contributed by atoms with van der Waals surface area (Å²) in [6.45, 7) is 1.64. The Labute approximate surface area is 78.1 Å². The van der Waals surface area contributed by atoms with E-state index in [2.05, 4.69) is 0 Å². The molecule has 0 aromatic heterocycles. The van der Waals surface area contributed by atoms with E-state index in [-0.39, 0.29) is 11.7 Å². The topological polar surface area (TPSA) is 54.4 Å². The summed E-state index contributed by atoms with van der Waals surface area (Å²) in [6, 6.07) is 0. The first-order valence-electron chi connectivity index (χ1n) is 4.88. The zero-order valence-corrected chi connectivity index (χ0v) is 7.95. The highest BCUT2D eigenvalue weighted by atomic mass is 16.4. The highest BCUT2D eigenvalue weighted by Crippen LogP contribution is 2.26. The molecule has 0 spiro atoms. The molecule has 1 N–H and O–H groups in total. The predicted molar refractivity (Wildman–Crippen MR) is 48.4 cm³/mol. The van der Waals surface area contributed by atoms with Crippen LogP contribution in [0.1, 0.15) is 39.0 Å². The second-order valence-corrected chi connectivity index (χ2v) is 3.80. The van der Waals surface area contributed by atoms with Crippen LogP contribution in [0.2, 0.25) is 0 Å². The summed E-state index contributed by atoms with van der Waals surface area (Å²) in [5.74, 6) is -1.45. The van der Waals surface area contributed by atoms with Gasteiger partial charge in [0, 0.05) is 12.3 Å². The zero-order valence-electron chi connectivity index (χ0n) is 7.95. The van der Waals surface area contributed by atoms with Crippen LogP contribution < -0.4 is 0 Å². The van der Waals surface area contributed by atoms with Crippen LogP contribution in [0.5, 0.6) is 0 Å². The number of ketones is 1. The molecule has 2 atom stereocenters. The van der Waals surface area contributed by atoms with Crippen molar-refractivity contribution in [1.29, 1.82) is 0 Å². The molecule has 1 saturated carbocycles. The van der Waals surface area contributed by atoms with Crippen molar-refractivity contribution >= 4 is 11.8 Å². The van der Waals surface area contributed by atoms with Crippen molar-refractivity contribution in [3.8, 4) is 0 Å². The van der Waals surface area contributed by atoms with Crippen LogP contribution in [-0.4, -0.2) is 16.9 Å². The number of rotatable bonds is 2. The molecular formula is C10H16O3. The first-order chi connectivity index (χ1) is 6.13. The summed E-state index contributed by atoms with van der Waals surface area (Å²) >= 11 is 0. The van der Waals surface area contributed by atoms with E-state index in [1.165, 1.54) is 0 Å². The number of carboxylic acid groups (broad SMARTS) is 1. The third-order valence-electron chi connectivity index (χ3n) is 2.84. The Bertz CT molecular complexity index is 210. The fourth-order valence-electron chi connectivity index (χ4n) is 1.89. The van der Waals surface area contributed by atoms with E-state index >= 15 is 0 Å². The number of hydrogen-bond donors (Lipinski definition) is 1. The monoisotopic (exact) mass is 184 g/mol. The molecule has 1 aliphatic carbocycles. The minimum absolute atomic E-state index is 0.146. The van der Waals surface area contributed by atoms with Crippen LogP contribution in [0, 0.1) is 11.8 Å². The van der Waals surface area contributed by atoms with Crippen LogP contribution in [0.25, 0.3) is 0 Å². The molecular weight excluding hydrogens is 168 g/mol. The SMILES string of the molecule is CC(C(=O)O)C1CCCCCC1=O. The molecule has 1 rings (SSSR count). The molecule has 3 nitrogen and oxygen atoms in total. The van der Waals surface area contributed by atoms with E-state index in [4.69, 9.17) is 5.11 Å². The number of Topliss-reactive ketones (excluding diaryl/α,β-unsaturated/α-hetero) is 1. The Balaban J connectivity index is 2.64. The van der Waals surface area contributed by atoms with Crippen molar-refractivity contribution in [2.45, 2.75) is 39.0 Å². The average Bonchev–Trinajstić information content (AvgIpc) is 2.28. The van der Waals surface area contributed by atoms with Crippen LogP contribution in [0.15, 0.2) is 0 Å². The van der Waals surface area contributed by atoms with Crippen LogP contribution >= 0.6 is 0 Å². The van der Waals surface area contributed by atoms with Gasteiger partial charge in [-0.1, -0.05) is 19.8 Å². The second-order valence-electron chi connectivity index (χ2n) is 3.80. The van der Waals surface area contributed by atoms with Gasteiger partial charge in [-0.25, -0.2) is 0 Å². The quantitative estimate of drug-likeness (QED) is 0.666. The summed E-state index contributed by atoms with van der Waals surface area (Å²) in [4.78, 5) is 22.2. The molecule has 1 aliphatic rings. The molecule has 0 heterocycles. The van der Waals surface area contributed by atoms with Gasteiger partial charge in [-0.05, 0) is 12.8 Å². The molecule has 13 heavy (non-hydrogen) atoms. The Morgan fingerprint density at radius 3 is 2.77 bits per heavy atom. The first kappa shape index (κ1) is 10.2. The number of aliphatic carboxylic acids is 1. The molecule has 3 heteroatoms. The van der Waals surface area contributed by atoms with Crippen molar-refractivity contribution in [3.05, 3.63) is 0 Å². The number of carbonyl (C=O) groups is 2. The molecule has 0 amide bonds.